The molecule has 0 atom stereocenters. The molecule has 0 saturated heterocycles. The number of hydrogen-bond donors (Lipinski definition) is 0. The topological polar surface area (TPSA) is 18.5 Å². The molecule has 0 saturated carbocycles. The monoisotopic (exact) mass is 322 g/mol. The first-order valence-corrected chi connectivity index (χ1v) is 10.5. The molecular formula is C16H34O2S2. The minimum atomic E-state index is 0.892. The van der Waals surface area contributed by atoms with Crippen LogP contribution >= 0.6 is 23.5 Å². The number of rotatable bonds is 17. The van der Waals surface area contributed by atoms with Crippen molar-refractivity contribution in [3.63, 3.8) is 0 Å². The van der Waals surface area contributed by atoms with Gasteiger partial charge in [-0.25, -0.2) is 0 Å². The van der Waals surface area contributed by atoms with E-state index in [1.807, 2.05) is 23.5 Å². The molecule has 0 aliphatic heterocycles. The quantitative estimate of drug-likeness (QED) is 0.356. The second-order valence-electron chi connectivity index (χ2n) is 4.86. The van der Waals surface area contributed by atoms with Crippen molar-refractivity contribution in [1.82, 2.24) is 0 Å². The molecule has 0 unspecified atom stereocenters. The van der Waals surface area contributed by atoms with Crippen molar-refractivity contribution >= 4 is 23.5 Å². The maximum Gasteiger partial charge on any atom is 0.0556 e. The van der Waals surface area contributed by atoms with Crippen molar-refractivity contribution in [2.24, 2.45) is 0 Å². The molecule has 0 fully saturated rings. The minimum absolute atomic E-state index is 0.892. The lowest BCUT2D eigenvalue weighted by molar-refractivity contribution is 0.117. The highest BCUT2D eigenvalue weighted by molar-refractivity contribution is 7.99. The molecule has 20 heavy (non-hydrogen) atoms. The van der Waals surface area contributed by atoms with E-state index in [4.69, 9.17) is 9.47 Å². The van der Waals surface area contributed by atoms with E-state index in [-0.39, 0.29) is 0 Å². The summed E-state index contributed by atoms with van der Waals surface area (Å²) in [4.78, 5) is 0. The van der Waals surface area contributed by atoms with Gasteiger partial charge in [0.15, 0.2) is 0 Å². The van der Waals surface area contributed by atoms with Gasteiger partial charge in [0.05, 0.1) is 13.2 Å². The van der Waals surface area contributed by atoms with Gasteiger partial charge in [0.2, 0.25) is 0 Å². The fourth-order valence-electron chi connectivity index (χ4n) is 1.54. The Morgan fingerprint density at radius 3 is 1.40 bits per heavy atom. The van der Waals surface area contributed by atoms with Crippen molar-refractivity contribution in [2.75, 3.05) is 49.4 Å². The number of hydrogen-bond acceptors (Lipinski definition) is 4. The largest absolute Gasteiger partial charge is 0.381 e. The van der Waals surface area contributed by atoms with E-state index in [9.17, 15) is 0 Å². The van der Waals surface area contributed by atoms with E-state index in [0.717, 1.165) is 50.8 Å². The Kier molecular flexibility index (Phi) is 20.2. The molecule has 0 bridgehead atoms. The average Bonchev–Trinajstić information content (AvgIpc) is 2.47. The molecular weight excluding hydrogens is 288 g/mol. The zero-order valence-electron chi connectivity index (χ0n) is 13.5. The molecule has 0 rings (SSSR count). The third-order valence-corrected chi connectivity index (χ3v) is 4.92. The summed E-state index contributed by atoms with van der Waals surface area (Å²) in [5.41, 5.74) is 0. The van der Waals surface area contributed by atoms with Gasteiger partial charge < -0.3 is 9.47 Å². The molecule has 0 aliphatic carbocycles. The van der Waals surface area contributed by atoms with Gasteiger partial charge in [0, 0.05) is 24.7 Å². The third-order valence-electron chi connectivity index (χ3n) is 2.86. The van der Waals surface area contributed by atoms with Crippen molar-refractivity contribution in [3.05, 3.63) is 0 Å². The predicted molar refractivity (Wildman–Crippen MR) is 95.3 cm³/mol. The van der Waals surface area contributed by atoms with Crippen LogP contribution in [-0.4, -0.2) is 49.4 Å². The Bertz CT molecular complexity index is 151. The van der Waals surface area contributed by atoms with Crippen LogP contribution in [0.1, 0.15) is 52.4 Å². The summed E-state index contributed by atoms with van der Waals surface area (Å²) in [6.45, 7) is 8.07. The van der Waals surface area contributed by atoms with Gasteiger partial charge in [0.1, 0.15) is 0 Å². The van der Waals surface area contributed by atoms with Gasteiger partial charge in [0.25, 0.3) is 0 Å². The maximum absolute atomic E-state index is 5.61. The predicted octanol–water partition coefficient (Wildman–Crippen LogP) is 4.87. The van der Waals surface area contributed by atoms with Crippen molar-refractivity contribution in [1.29, 1.82) is 0 Å². The summed E-state index contributed by atoms with van der Waals surface area (Å²) in [7, 11) is 0. The fourth-order valence-corrected chi connectivity index (χ4v) is 3.41. The molecule has 0 radical (unpaired) electrons. The lowest BCUT2D eigenvalue weighted by atomic mass is 10.3. The first-order valence-electron chi connectivity index (χ1n) is 8.22. The smallest absolute Gasteiger partial charge is 0.0556 e. The molecule has 0 N–H and O–H groups in total. The van der Waals surface area contributed by atoms with Crippen LogP contribution in [-0.2, 0) is 9.47 Å². The summed E-state index contributed by atoms with van der Waals surface area (Å²) in [5, 5.41) is 0. The van der Waals surface area contributed by atoms with Crippen molar-refractivity contribution < 1.29 is 9.47 Å². The molecule has 0 aromatic heterocycles. The third kappa shape index (κ3) is 18.6. The Morgan fingerprint density at radius 1 is 0.550 bits per heavy atom. The highest BCUT2D eigenvalue weighted by atomic mass is 32.2. The number of thioether (sulfide) groups is 2. The first kappa shape index (κ1) is 20.6. The zero-order chi connectivity index (χ0) is 14.7. The van der Waals surface area contributed by atoms with E-state index in [1.165, 1.54) is 37.2 Å². The molecule has 2 nitrogen and oxygen atoms in total. The standard InChI is InChI=1S/C16H34O2S2/c1-3-5-13-19-15-11-17-9-7-8-10-18-12-16-20-14-6-4-2/h3-16H2,1-2H3. The second-order valence-corrected chi connectivity index (χ2v) is 7.31. The van der Waals surface area contributed by atoms with E-state index >= 15 is 0 Å². The molecule has 0 amide bonds. The van der Waals surface area contributed by atoms with Crippen LogP contribution in [0.5, 0.6) is 0 Å². The Balaban J connectivity index is 2.89. The molecule has 0 aromatic carbocycles. The fraction of sp³-hybridized carbons (Fsp3) is 1.00. The molecule has 4 heteroatoms. The van der Waals surface area contributed by atoms with Crippen molar-refractivity contribution in [3.8, 4) is 0 Å². The highest BCUT2D eigenvalue weighted by Crippen LogP contribution is 2.05. The van der Waals surface area contributed by atoms with Gasteiger partial charge in [-0.1, -0.05) is 26.7 Å². The minimum Gasteiger partial charge on any atom is -0.381 e. The summed E-state index contributed by atoms with van der Waals surface area (Å²) < 4.78 is 11.2. The van der Waals surface area contributed by atoms with Crippen LogP contribution in [0.25, 0.3) is 0 Å². The molecule has 0 aliphatic rings. The van der Waals surface area contributed by atoms with Gasteiger partial charge >= 0.3 is 0 Å². The molecule has 0 spiro atoms. The SMILES string of the molecule is CCCCSCCOCCCCOCCSCCCC. The Morgan fingerprint density at radius 2 is 1.00 bits per heavy atom. The van der Waals surface area contributed by atoms with Crippen LogP contribution < -0.4 is 0 Å². The first-order chi connectivity index (χ1) is 9.91. The number of unbranched alkanes of at least 4 members (excludes halogenated alkanes) is 3. The van der Waals surface area contributed by atoms with Gasteiger partial charge in [-0.15, -0.1) is 0 Å². The Labute approximate surface area is 135 Å². The summed E-state index contributed by atoms with van der Waals surface area (Å²) in [5.74, 6) is 4.85. The average molecular weight is 323 g/mol. The lowest BCUT2D eigenvalue weighted by Crippen LogP contribution is -2.03. The van der Waals surface area contributed by atoms with Crippen LogP contribution in [0.2, 0.25) is 0 Å². The zero-order valence-corrected chi connectivity index (χ0v) is 15.2. The summed E-state index contributed by atoms with van der Waals surface area (Å²) in [6, 6.07) is 0. The lowest BCUT2D eigenvalue weighted by Gasteiger charge is -2.05. The highest BCUT2D eigenvalue weighted by Gasteiger charge is 1.93. The number of ether oxygens (including phenoxy) is 2. The van der Waals surface area contributed by atoms with Crippen LogP contribution in [0.15, 0.2) is 0 Å². The van der Waals surface area contributed by atoms with E-state index in [2.05, 4.69) is 13.8 Å². The van der Waals surface area contributed by atoms with Gasteiger partial charge in [-0.05, 0) is 37.2 Å². The summed E-state index contributed by atoms with van der Waals surface area (Å²) >= 11 is 4.02. The normalized spacial score (nSPS) is 11.1. The van der Waals surface area contributed by atoms with E-state index in [0.29, 0.717) is 0 Å². The molecule has 0 aromatic rings. The summed E-state index contributed by atoms with van der Waals surface area (Å²) in [6.07, 6.45) is 7.51. The van der Waals surface area contributed by atoms with Gasteiger partial charge in [-0.3, -0.25) is 0 Å². The second kappa shape index (κ2) is 19.6. The molecule has 122 valence electrons. The maximum atomic E-state index is 5.61. The Hall–Kier alpha value is 0.620. The van der Waals surface area contributed by atoms with Crippen molar-refractivity contribution in [2.45, 2.75) is 52.4 Å². The molecule has 0 heterocycles. The van der Waals surface area contributed by atoms with Crippen LogP contribution in [0, 0.1) is 0 Å². The van der Waals surface area contributed by atoms with E-state index < -0.39 is 0 Å². The van der Waals surface area contributed by atoms with Crippen LogP contribution in [0.3, 0.4) is 0 Å². The van der Waals surface area contributed by atoms with E-state index in [1.54, 1.807) is 0 Å². The van der Waals surface area contributed by atoms with Crippen LogP contribution in [0.4, 0.5) is 0 Å². The van der Waals surface area contributed by atoms with Gasteiger partial charge in [-0.2, -0.15) is 23.5 Å².